The molecule has 2 aliphatic rings. The van der Waals surface area contributed by atoms with E-state index in [1.807, 2.05) is 11.8 Å². The summed E-state index contributed by atoms with van der Waals surface area (Å²) in [6, 6.07) is 0.911. The molecule has 1 saturated heterocycles. The molecule has 4 heteroatoms. The van der Waals surface area contributed by atoms with Crippen LogP contribution < -0.4 is 10.6 Å². The number of carbonyl (C=O) groups is 1. The highest BCUT2D eigenvalue weighted by molar-refractivity contribution is 7.99. The van der Waals surface area contributed by atoms with Gasteiger partial charge in [-0.2, -0.15) is 11.8 Å². The maximum atomic E-state index is 12.3. The van der Waals surface area contributed by atoms with E-state index in [0.29, 0.717) is 18.0 Å². The molecule has 2 N–H and O–H groups in total. The summed E-state index contributed by atoms with van der Waals surface area (Å²) >= 11 is 1.95. The number of hydrogen-bond acceptors (Lipinski definition) is 3. The van der Waals surface area contributed by atoms with E-state index >= 15 is 0 Å². The second-order valence-electron chi connectivity index (χ2n) is 5.81. The van der Waals surface area contributed by atoms with E-state index in [0.717, 1.165) is 31.1 Å². The highest BCUT2D eigenvalue weighted by Gasteiger charge is 2.28. The molecule has 3 nitrogen and oxygen atoms in total. The largest absolute Gasteiger partial charge is 0.353 e. The van der Waals surface area contributed by atoms with Crippen molar-refractivity contribution in [3.05, 3.63) is 0 Å². The van der Waals surface area contributed by atoms with Crippen LogP contribution in [0.4, 0.5) is 0 Å². The fourth-order valence-corrected chi connectivity index (χ4v) is 4.01. The predicted octanol–water partition coefficient (Wildman–Crippen LogP) is 2.16. The predicted molar refractivity (Wildman–Crippen MR) is 77.9 cm³/mol. The minimum atomic E-state index is 0.232. The van der Waals surface area contributed by atoms with Gasteiger partial charge in [-0.3, -0.25) is 4.79 Å². The van der Waals surface area contributed by atoms with Gasteiger partial charge in [0.05, 0.1) is 0 Å². The molecule has 1 aliphatic heterocycles. The van der Waals surface area contributed by atoms with Crippen LogP contribution in [0.2, 0.25) is 0 Å². The van der Waals surface area contributed by atoms with Gasteiger partial charge in [0.1, 0.15) is 0 Å². The molecule has 0 bridgehead atoms. The number of hydrogen-bond donors (Lipinski definition) is 2. The molecule has 0 radical (unpaired) electrons. The first kappa shape index (κ1) is 14.2. The van der Waals surface area contributed by atoms with Crippen LogP contribution in [0.3, 0.4) is 0 Å². The monoisotopic (exact) mass is 270 g/mol. The Labute approximate surface area is 115 Å². The topological polar surface area (TPSA) is 41.1 Å². The first-order chi connectivity index (χ1) is 8.69. The van der Waals surface area contributed by atoms with Crippen molar-refractivity contribution in [3.63, 3.8) is 0 Å². The minimum Gasteiger partial charge on any atom is -0.353 e. The molecular weight excluding hydrogens is 244 g/mol. The second kappa shape index (κ2) is 6.80. The zero-order chi connectivity index (χ0) is 13.0. The van der Waals surface area contributed by atoms with Crippen LogP contribution in [-0.4, -0.2) is 36.0 Å². The van der Waals surface area contributed by atoms with Crippen molar-refractivity contribution in [1.29, 1.82) is 0 Å². The molecule has 1 aliphatic carbocycles. The van der Waals surface area contributed by atoms with Crippen LogP contribution in [0.5, 0.6) is 0 Å². The first-order valence-electron chi connectivity index (χ1n) is 7.25. The molecule has 1 heterocycles. The third kappa shape index (κ3) is 3.89. The molecule has 104 valence electrons. The van der Waals surface area contributed by atoms with Gasteiger partial charge >= 0.3 is 0 Å². The van der Waals surface area contributed by atoms with Crippen molar-refractivity contribution in [3.8, 4) is 0 Å². The lowest BCUT2D eigenvalue weighted by atomic mass is 9.90. The van der Waals surface area contributed by atoms with Gasteiger partial charge in [-0.25, -0.2) is 0 Å². The van der Waals surface area contributed by atoms with E-state index in [-0.39, 0.29) is 5.92 Å². The Morgan fingerprint density at radius 3 is 2.83 bits per heavy atom. The maximum absolute atomic E-state index is 12.3. The Bertz CT molecular complexity index is 285. The van der Waals surface area contributed by atoms with Gasteiger partial charge in [0.15, 0.2) is 0 Å². The number of amides is 1. The van der Waals surface area contributed by atoms with Crippen molar-refractivity contribution in [2.24, 2.45) is 5.92 Å². The lowest BCUT2D eigenvalue weighted by Gasteiger charge is -2.32. The Morgan fingerprint density at radius 1 is 1.28 bits per heavy atom. The van der Waals surface area contributed by atoms with Gasteiger partial charge in [0, 0.05) is 23.3 Å². The van der Waals surface area contributed by atoms with E-state index in [1.54, 1.807) is 0 Å². The quantitative estimate of drug-likeness (QED) is 0.826. The average Bonchev–Trinajstić information content (AvgIpc) is 2.39. The normalized spacial score (nSPS) is 37.2. The molecule has 1 saturated carbocycles. The highest BCUT2D eigenvalue weighted by Crippen LogP contribution is 2.27. The lowest BCUT2D eigenvalue weighted by Crippen LogP contribution is -2.46. The second-order valence-corrected chi connectivity index (χ2v) is 6.94. The van der Waals surface area contributed by atoms with Gasteiger partial charge in [0.2, 0.25) is 5.91 Å². The van der Waals surface area contributed by atoms with Gasteiger partial charge in [0.25, 0.3) is 0 Å². The molecule has 18 heavy (non-hydrogen) atoms. The fraction of sp³-hybridized carbons (Fsp3) is 0.929. The molecule has 0 aromatic heterocycles. The van der Waals surface area contributed by atoms with Crippen LogP contribution in [0.15, 0.2) is 0 Å². The smallest absolute Gasteiger partial charge is 0.223 e. The Morgan fingerprint density at radius 2 is 2.11 bits per heavy atom. The molecule has 0 aromatic carbocycles. The van der Waals surface area contributed by atoms with Crippen LogP contribution in [0, 0.1) is 5.92 Å². The van der Waals surface area contributed by atoms with Crippen molar-refractivity contribution in [2.45, 2.75) is 62.8 Å². The summed E-state index contributed by atoms with van der Waals surface area (Å²) in [5.74, 6) is 0.533. The number of nitrogens with one attached hydrogen (secondary N) is 2. The van der Waals surface area contributed by atoms with E-state index in [9.17, 15) is 4.79 Å². The molecule has 1 amide bonds. The molecule has 4 atom stereocenters. The van der Waals surface area contributed by atoms with Crippen LogP contribution in [0.25, 0.3) is 0 Å². The summed E-state index contributed by atoms with van der Waals surface area (Å²) in [7, 11) is 0. The molecular formula is C14H26N2OS. The molecule has 2 unspecified atom stereocenters. The zero-order valence-corrected chi connectivity index (χ0v) is 12.4. The van der Waals surface area contributed by atoms with E-state index in [1.165, 1.54) is 19.3 Å². The maximum Gasteiger partial charge on any atom is 0.223 e. The Hall–Kier alpha value is -0.220. The third-order valence-electron chi connectivity index (χ3n) is 4.30. The van der Waals surface area contributed by atoms with Gasteiger partial charge in [-0.15, -0.1) is 0 Å². The number of carbonyl (C=O) groups excluding carboxylic acids is 1. The van der Waals surface area contributed by atoms with Gasteiger partial charge < -0.3 is 10.6 Å². The van der Waals surface area contributed by atoms with Crippen LogP contribution in [0.1, 0.15) is 45.4 Å². The number of rotatable bonds is 3. The van der Waals surface area contributed by atoms with E-state index in [4.69, 9.17) is 0 Å². The molecule has 2 rings (SSSR count). The summed E-state index contributed by atoms with van der Waals surface area (Å²) in [6.07, 6.45) is 9.08. The summed E-state index contributed by atoms with van der Waals surface area (Å²) in [6.45, 7) is 3.15. The van der Waals surface area contributed by atoms with Gasteiger partial charge in [-0.1, -0.05) is 6.42 Å². The standard InChI is InChI=1S/C14H26N2OS/c1-10-8-11(6-7-15-10)14(17)16-12-4-3-5-13(9-12)18-2/h10-13,15H,3-9H2,1-2H3,(H,16,17)/t10-,11-,12?,13?/m0/s1. The molecule has 0 aromatic rings. The van der Waals surface area contributed by atoms with Crippen LogP contribution in [-0.2, 0) is 4.79 Å². The Balaban J connectivity index is 1.79. The van der Waals surface area contributed by atoms with E-state index in [2.05, 4.69) is 23.8 Å². The summed E-state index contributed by atoms with van der Waals surface area (Å²) in [4.78, 5) is 12.3. The van der Waals surface area contributed by atoms with Crippen molar-refractivity contribution < 1.29 is 4.79 Å². The molecule has 2 fully saturated rings. The summed E-state index contributed by atoms with van der Waals surface area (Å²) < 4.78 is 0. The summed E-state index contributed by atoms with van der Waals surface area (Å²) in [5, 5.41) is 7.44. The fourth-order valence-electron chi connectivity index (χ4n) is 3.18. The van der Waals surface area contributed by atoms with E-state index < -0.39 is 0 Å². The summed E-state index contributed by atoms with van der Waals surface area (Å²) in [5.41, 5.74) is 0. The van der Waals surface area contributed by atoms with Crippen molar-refractivity contribution >= 4 is 17.7 Å². The average molecular weight is 270 g/mol. The van der Waals surface area contributed by atoms with Crippen LogP contribution >= 0.6 is 11.8 Å². The number of piperidine rings is 1. The lowest BCUT2D eigenvalue weighted by molar-refractivity contribution is -0.127. The number of thioether (sulfide) groups is 1. The third-order valence-corrected chi connectivity index (χ3v) is 5.40. The first-order valence-corrected chi connectivity index (χ1v) is 8.54. The zero-order valence-electron chi connectivity index (χ0n) is 11.6. The Kier molecular flexibility index (Phi) is 5.37. The van der Waals surface area contributed by atoms with Crippen molar-refractivity contribution in [1.82, 2.24) is 10.6 Å². The van der Waals surface area contributed by atoms with Crippen molar-refractivity contribution in [2.75, 3.05) is 12.8 Å². The SMILES string of the molecule is CSC1CCCC(NC(=O)[C@H]2CCN[C@@H](C)C2)C1. The highest BCUT2D eigenvalue weighted by atomic mass is 32.2. The minimum absolute atomic E-state index is 0.232. The molecule has 0 spiro atoms. The van der Waals surface area contributed by atoms with Gasteiger partial charge in [-0.05, 0) is 51.8 Å².